The van der Waals surface area contributed by atoms with Gasteiger partial charge < -0.3 is 0 Å². The predicted molar refractivity (Wildman–Crippen MR) is 40.2 cm³/mol. The SMILES string of the molecule is O=C1[C@@H]2CC=C[C@@H]2C1(Cl)Cl. The molecule has 3 heteroatoms. The van der Waals surface area contributed by atoms with Crippen LogP contribution in [0.2, 0.25) is 0 Å². The van der Waals surface area contributed by atoms with Gasteiger partial charge in [0, 0.05) is 11.8 Å². The molecule has 2 atom stereocenters. The highest BCUT2D eigenvalue weighted by Crippen LogP contribution is 2.53. The van der Waals surface area contributed by atoms with Crippen LogP contribution >= 0.6 is 23.2 Å². The lowest BCUT2D eigenvalue weighted by Gasteiger charge is -2.40. The Morgan fingerprint density at radius 1 is 1.60 bits per heavy atom. The quantitative estimate of drug-likeness (QED) is 0.408. The van der Waals surface area contributed by atoms with Crippen molar-refractivity contribution in [3.05, 3.63) is 12.2 Å². The molecule has 10 heavy (non-hydrogen) atoms. The highest BCUT2D eigenvalue weighted by molar-refractivity contribution is 6.61. The molecule has 54 valence electrons. The highest BCUT2D eigenvalue weighted by Gasteiger charge is 2.60. The first-order valence-corrected chi connectivity index (χ1v) is 3.98. The number of alkyl halides is 2. The van der Waals surface area contributed by atoms with E-state index in [1.165, 1.54) is 0 Å². The van der Waals surface area contributed by atoms with Crippen molar-refractivity contribution in [1.82, 2.24) is 0 Å². The second kappa shape index (κ2) is 1.77. The molecule has 1 nitrogen and oxygen atoms in total. The van der Waals surface area contributed by atoms with Gasteiger partial charge in [-0.3, -0.25) is 4.79 Å². The van der Waals surface area contributed by atoms with E-state index < -0.39 is 4.33 Å². The molecule has 0 unspecified atom stereocenters. The largest absolute Gasteiger partial charge is 0.296 e. The molecule has 0 aromatic heterocycles. The van der Waals surface area contributed by atoms with E-state index in [0.29, 0.717) is 0 Å². The van der Waals surface area contributed by atoms with Gasteiger partial charge in [-0.05, 0) is 6.42 Å². The highest BCUT2D eigenvalue weighted by atomic mass is 35.5. The number of halogens is 2. The van der Waals surface area contributed by atoms with Gasteiger partial charge in [-0.25, -0.2) is 0 Å². The lowest BCUT2D eigenvalue weighted by atomic mass is 9.73. The minimum Gasteiger partial charge on any atom is -0.296 e. The minimum atomic E-state index is -1.10. The molecule has 0 aliphatic heterocycles. The van der Waals surface area contributed by atoms with Crippen molar-refractivity contribution in [2.24, 2.45) is 11.8 Å². The third kappa shape index (κ3) is 0.578. The third-order valence-electron chi connectivity index (χ3n) is 2.25. The Hall–Kier alpha value is -0.0100. The normalized spacial score (nSPS) is 41.2. The molecule has 0 saturated heterocycles. The zero-order chi connectivity index (χ0) is 7.35. The van der Waals surface area contributed by atoms with Gasteiger partial charge in [0.05, 0.1) is 0 Å². The van der Waals surface area contributed by atoms with E-state index in [2.05, 4.69) is 0 Å². The molecule has 0 N–H and O–H groups in total. The number of ketones is 1. The average Bonchev–Trinajstić information content (AvgIpc) is 2.31. The molecule has 1 saturated carbocycles. The molecule has 1 fully saturated rings. The summed E-state index contributed by atoms with van der Waals surface area (Å²) in [5.41, 5.74) is 0. The summed E-state index contributed by atoms with van der Waals surface area (Å²) >= 11 is 11.4. The van der Waals surface area contributed by atoms with Crippen LogP contribution in [0.4, 0.5) is 0 Å². The summed E-state index contributed by atoms with van der Waals surface area (Å²) in [7, 11) is 0. The Labute approximate surface area is 69.0 Å². The summed E-state index contributed by atoms with van der Waals surface area (Å²) < 4.78 is -1.10. The number of rotatable bonds is 0. The molecule has 0 aromatic carbocycles. The number of allylic oxidation sites excluding steroid dienone is 2. The Bertz CT molecular complexity index is 220. The van der Waals surface area contributed by atoms with E-state index in [4.69, 9.17) is 23.2 Å². The lowest BCUT2D eigenvalue weighted by Crippen LogP contribution is -2.53. The average molecular weight is 177 g/mol. The summed E-state index contributed by atoms with van der Waals surface area (Å²) in [6, 6.07) is 0. The maximum absolute atomic E-state index is 11.1. The van der Waals surface area contributed by atoms with Gasteiger partial charge in [0.1, 0.15) is 0 Å². The van der Waals surface area contributed by atoms with E-state index in [-0.39, 0.29) is 17.6 Å². The molecular formula is C7H6Cl2O. The van der Waals surface area contributed by atoms with Crippen LogP contribution in [0.5, 0.6) is 0 Å². The fourth-order valence-electron chi connectivity index (χ4n) is 1.61. The first-order valence-electron chi connectivity index (χ1n) is 3.23. The van der Waals surface area contributed by atoms with Crippen LogP contribution in [-0.2, 0) is 4.79 Å². The Morgan fingerprint density at radius 3 is 2.90 bits per heavy atom. The van der Waals surface area contributed by atoms with Crippen molar-refractivity contribution in [2.75, 3.05) is 0 Å². The van der Waals surface area contributed by atoms with Crippen molar-refractivity contribution in [2.45, 2.75) is 10.8 Å². The van der Waals surface area contributed by atoms with Crippen LogP contribution in [0.15, 0.2) is 12.2 Å². The Kier molecular flexibility index (Phi) is 1.19. The Balaban J connectivity index is 2.29. The number of hydrogen-bond donors (Lipinski definition) is 0. The first-order chi connectivity index (χ1) is 4.64. The first kappa shape index (κ1) is 6.68. The monoisotopic (exact) mass is 176 g/mol. The van der Waals surface area contributed by atoms with E-state index in [9.17, 15) is 4.79 Å². The summed E-state index contributed by atoms with van der Waals surface area (Å²) in [5, 5.41) is 0. The van der Waals surface area contributed by atoms with Gasteiger partial charge in [-0.2, -0.15) is 0 Å². The molecule has 0 amide bonds. The van der Waals surface area contributed by atoms with Gasteiger partial charge >= 0.3 is 0 Å². The molecule has 0 aromatic rings. The summed E-state index contributed by atoms with van der Waals surface area (Å²) in [5.74, 6) is 0.171. The van der Waals surface area contributed by atoms with Crippen molar-refractivity contribution >= 4 is 29.0 Å². The zero-order valence-corrected chi connectivity index (χ0v) is 6.69. The number of hydrogen-bond acceptors (Lipinski definition) is 1. The van der Waals surface area contributed by atoms with E-state index >= 15 is 0 Å². The van der Waals surface area contributed by atoms with Gasteiger partial charge in [0.2, 0.25) is 0 Å². The van der Waals surface area contributed by atoms with Crippen LogP contribution < -0.4 is 0 Å². The molecule has 0 bridgehead atoms. The van der Waals surface area contributed by atoms with E-state index in [1.54, 1.807) is 0 Å². The van der Waals surface area contributed by atoms with E-state index in [0.717, 1.165) is 6.42 Å². The zero-order valence-electron chi connectivity index (χ0n) is 5.18. The number of fused-ring (bicyclic) bond motifs is 1. The van der Waals surface area contributed by atoms with Gasteiger partial charge in [-0.1, -0.05) is 35.4 Å². The second-order valence-corrected chi connectivity index (χ2v) is 4.17. The van der Waals surface area contributed by atoms with Crippen LogP contribution in [0.1, 0.15) is 6.42 Å². The van der Waals surface area contributed by atoms with Crippen molar-refractivity contribution in [1.29, 1.82) is 0 Å². The maximum Gasteiger partial charge on any atom is 0.183 e. The van der Waals surface area contributed by atoms with Crippen molar-refractivity contribution in [3.8, 4) is 0 Å². The number of carbonyl (C=O) groups excluding carboxylic acids is 1. The topological polar surface area (TPSA) is 17.1 Å². The maximum atomic E-state index is 11.1. The third-order valence-corrected chi connectivity index (χ3v) is 3.13. The van der Waals surface area contributed by atoms with Crippen molar-refractivity contribution < 1.29 is 4.79 Å². The molecule has 2 rings (SSSR count). The number of Topliss-reactive ketones (excluding diaryl/α,β-unsaturated/α-hetero) is 1. The molecule has 0 heterocycles. The van der Waals surface area contributed by atoms with Gasteiger partial charge in [0.15, 0.2) is 10.1 Å². The van der Waals surface area contributed by atoms with E-state index in [1.807, 2.05) is 12.2 Å². The van der Waals surface area contributed by atoms with Gasteiger partial charge in [-0.15, -0.1) is 0 Å². The van der Waals surface area contributed by atoms with Crippen LogP contribution in [0, 0.1) is 11.8 Å². The fourth-order valence-corrected chi connectivity index (χ4v) is 2.34. The second-order valence-electron chi connectivity index (χ2n) is 2.78. The molecular weight excluding hydrogens is 171 g/mol. The molecule has 0 radical (unpaired) electrons. The Morgan fingerprint density at radius 2 is 2.30 bits per heavy atom. The van der Waals surface area contributed by atoms with Crippen LogP contribution in [-0.4, -0.2) is 10.1 Å². The summed E-state index contributed by atoms with van der Waals surface area (Å²) in [4.78, 5) is 11.1. The van der Waals surface area contributed by atoms with Crippen molar-refractivity contribution in [3.63, 3.8) is 0 Å². The smallest absolute Gasteiger partial charge is 0.183 e. The molecule has 2 aliphatic carbocycles. The number of carbonyl (C=O) groups is 1. The standard InChI is InChI=1S/C7H6Cl2O/c8-7(9)5-3-1-2-4(5)6(7)10/h1,3-5H,2H2/t4-,5+/m1/s1. The lowest BCUT2D eigenvalue weighted by molar-refractivity contribution is -0.132. The predicted octanol–water partition coefficient (Wildman–Crippen LogP) is 1.94. The summed E-state index contributed by atoms with van der Waals surface area (Å²) in [6.07, 6.45) is 4.73. The van der Waals surface area contributed by atoms with Gasteiger partial charge in [0.25, 0.3) is 0 Å². The minimum absolute atomic E-state index is 0.00849. The molecule has 0 spiro atoms. The summed E-state index contributed by atoms with van der Waals surface area (Å²) in [6.45, 7) is 0. The van der Waals surface area contributed by atoms with Crippen LogP contribution in [0.3, 0.4) is 0 Å². The van der Waals surface area contributed by atoms with Crippen LogP contribution in [0.25, 0.3) is 0 Å². The fraction of sp³-hybridized carbons (Fsp3) is 0.571. The molecule has 2 aliphatic rings.